The van der Waals surface area contributed by atoms with Crippen LogP contribution in [-0.2, 0) is 9.53 Å². The van der Waals surface area contributed by atoms with Crippen LogP contribution >= 0.6 is 0 Å². The van der Waals surface area contributed by atoms with Gasteiger partial charge in [-0.1, -0.05) is 0 Å². The molecular weight excluding hydrogens is 206 g/mol. The summed E-state index contributed by atoms with van der Waals surface area (Å²) in [5.41, 5.74) is 0. The number of carbonyl (C=O) groups is 1. The van der Waals surface area contributed by atoms with Gasteiger partial charge in [0.2, 0.25) is 0 Å². The fourth-order valence-corrected chi connectivity index (χ4v) is 1.14. The highest BCUT2D eigenvalue weighted by atomic mass is 16.5. The van der Waals surface area contributed by atoms with E-state index in [2.05, 4.69) is 0 Å². The molecule has 0 saturated carbocycles. The van der Waals surface area contributed by atoms with E-state index in [1.807, 2.05) is 19.0 Å². The molecule has 0 aromatic carbocycles. The van der Waals surface area contributed by atoms with Crippen LogP contribution in [0.2, 0.25) is 0 Å². The summed E-state index contributed by atoms with van der Waals surface area (Å²) in [6, 6.07) is 3.54. The molecule has 0 spiro atoms. The van der Waals surface area contributed by atoms with E-state index >= 15 is 0 Å². The van der Waals surface area contributed by atoms with Gasteiger partial charge < -0.3 is 14.1 Å². The van der Waals surface area contributed by atoms with Crippen molar-refractivity contribution < 1.29 is 13.9 Å². The highest BCUT2D eigenvalue weighted by molar-refractivity contribution is 5.86. The molecule has 16 heavy (non-hydrogen) atoms. The third-order valence-corrected chi connectivity index (χ3v) is 1.92. The first-order chi connectivity index (χ1) is 7.68. The summed E-state index contributed by atoms with van der Waals surface area (Å²) in [6.07, 6.45) is 5.36. The second kappa shape index (κ2) is 6.85. The monoisotopic (exact) mass is 223 g/mol. The molecule has 0 atom stereocenters. The number of esters is 1. The molecule has 4 nitrogen and oxygen atoms in total. The minimum atomic E-state index is -0.338. The van der Waals surface area contributed by atoms with Gasteiger partial charge in [-0.3, -0.25) is 0 Å². The molecule has 0 aliphatic rings. The number of carbonyl (C=O) groups excluding carboxylic acids is 1. The van der Waals surface area contributed by atoms with Gasteiger partial charge in [0.05, 0.1) is 12.9 Å². The molecule has 0 radical (unpaired) electrons. The number of nitrogens with zero attached hydrogens (tertiary/aromatic N) is 1. The predicted molar refractivity (Wildman–Crippen MR) is 61.9 cm³/mol. The van der Waals surface area contributed by atoms with Crippen molar-refractivity contribution in [3.05, 3.63) is 30.2 Å². The summed E-state index contributed by atoms with van der Waals surface area (Å²) in [5, 5.41) is 0. The summed E-state index contributed by atoms with van der Waals surface area (Å²) < 4.78 is 10.0. The third-order valence-electron chi connectivity index (χ3n) is 1.92. The van der Waals surface area contributed by atoms with Gasteiger partial charge in [0.1, 0.15) is 5.76 Å². The van der Waals surface area contributed by atoms with Gasteiger partial charge in [-0.15, -0.1) is 0 Å². The molecule has 0 aliphatic carbocycles. The molecule has 0 amide bonds. The highest BCUT2D eigenvalue weighted by Gasteiger charge is 1.98. The van der Waals surface area contributed by atoms with E-state index in [1.165, 1.54) is 6.08 Å². The Morgan fingerprint density at radius 1 is 1.56 bits per heavy atom. The minimum absolute atomic E-state index is 0.338. The Hall–Kier alpha value is -1.55. The lowest BCUT2D eigenvalue weighted by Crippen LogP contribution is -2.15. The third kappa shape index (κ3) is 5.36. The first-order valence-electron chi connectivity index (χ1n) is 5.21. The maximum absolute atomic E-state index is 11.2. The van der Waals surface area contributed by atoms with E-state index in [0.29, 0.717) is 12.4 Å². The van der Waals surface area contributed by atoms with Crippen molar-refractivity contribution in [3.63, 3.8) is 0 Å². The highest BCUT2D eigenvalue weighted by Crippen LogP contribution is 2.02. The number of rotatable bonds is 6. The van der Waals surface area contributed by atoms with Crippen LogP contribution in [-0.4, -0.2) is 38.1 Å². The van der Waals surface area contributed by atoms with Crippen molar-refractivity contribution in [1.29, 1.82) is 0 Å². The van der Waals surface area contributed by atoms with E-state index in [4.69, 9.17) is 9.15 Å². The summed E-state index contributed by atoms with van der Waals surface area (Å²) in [5.74, 6) is 0.306. The Morgan fingerprint density at radius 3 is 3.00 bits per heavy atom. The van der Waals surface area contributed by atoms with Crippen molar-refractivity contribution in [3.8, 4) is 0 Å². The summed E-state index contributed by atoms with van der Waals surface area (Å²) in [7, 11) is 3.97. The SMILES string of the molecule is CN(C)CCCOC(=O)C=Cc1ccco1. The van der Waals surface area contributed by atoms with E-state index in [0.717, 1.165) is 13.0 Å². The number of ether oxygens (including phenoxy) is 1. The Balaban J connectivity index is 2.16. The zero-order valence-electron chi connectivity index (χ0n) is 9.68. The largest absolute Gasteiger partial charge is 0.465 e. The fraction of sp³-hybridized carbons (Fsp3) is 0.417. The molecular formula is C12H17NO3. The van der Waals surface area contributed by atoms with Crippen molar-refractivity contribution in [2.75, 3.05) is 27.2 Å². The van der Waals surface area contributed by atoms with Gasteiger partial charge in [-0.05, 0) is 38.7 Å². The summed E-state index contributed by atoms with van der Waals surface area (Å²) >= 11 is 0. The first-order valence-corrected chi connectivity index (χ1v) is 5.21. The van der Waals surface area contributed by atoms with E-state index in [1.54, 1.807) is 24.5 Å². The van der Waals surface area contributed by atoms with Gasteiger partial charge in [0.15, 0.2) is 0 Å². The van der Waals surface area contributed by atoms with Crippen LogP contribution in [0.25, 0.3) is 6.08 Å². The van der Waals surface area contributed by atoms with Gasteiger partial charge in [-0.25, -0.2) is 4.79 Å². The van der Waals surface area contributed by atoms with Crippen LogP contribution in [0, 0.1) is 0 Å². The fourth-order valence-electron chi connectivity index (χ4n) is 1.14. The molecule has 0 aliphatic heterocycles. The van der Waals surface area contributed by atoms with Crippen LogP contribution in [0.1, 0.15) is 12.2 Å². The maximum Gasteiger partial charge on any atom is 0.330 e. The molecule has 0 N–H and O–H groups in total. The molecule has 88 valence electrons. The Kier molecular flexibility index (Phi) is 5.36. The smallest absolute Gasteiger partial charge is 0.330 e. The molecule has 1 aromatic heterocycles. The second-order valence-electron chi connectivity index (χ2n) is 3.67. The normalized spacial score (nSPS) is 11.2. The molecule has 1 rings (SSSR count). The summed E-state index contributed by atoms with van der Waals surface area (Å²) in [6.45, 7) is 1.36. The van der Waals surface area contributed by atoms with Crippen molar-refractivity contribution in [1.82, 2.24) is 4.90 Å². The van der Waals surface area contributed by atoms with Crippen LogP contribution in [0.5, 0.6) is 0 Å². The number of furan rings is 1. The zero-order valence-corrected chi connectivity index (χ0v) is 9.68. The zero-order chi connectivity index (χ0) is 11.8. The maximum atomic E-state index is 11.2. The quantitative estimate of drug-likeness (QED) is 0.419. The molecule has 0 bridgehead atoms. The lowest BCUT2D eigenvalue weighted by atomic mass is 10.4. The van der Waals surface area contributed by atoms with Gasteiger partial charge >= 0.3 is 5.97 Å². The molecule has 0 saturated heterocycles. The first kappa shape index (κ1) is 12.5. The lowest BCUT2D eigenvalue weighted by Gasteiger charge is -2.08. The lowest BCUT2D eigenvalue weighted by molar-refractivity contribution is -0.137. The molecule has 0 unspecified atom stereocenters. The molecule has 1 heterocycles. The van der Waals surface area contributed by atoms with Crippen LogP contribution in [0.3, 0.4) is 0 Å². The number of hydrogen-bond acceptors (Lipinski definition) is 4. The van der Waals surface area contributed by atoms with Crippen LogP contribution < -0.4 is 0 Å². The standard InChI is InChI=1S/C12H17NO3/c1-13(2)8-4-10-16-12(14)7-6-11-5-3-9-15-11/h3,5-7,9H,4,8,10H2,1-2H3. The van der Waals surface area contributed by atoms with E-state index in [-0.39, 0.29) is 5.97 Å². The molecule has 1 aromatic rings. The Bertz CT molecular complexity index is 328. The van der Waals surface area contributed by atoms with E-state index < -0.39 is 0 Å². The van der Waals surface area contributed by atoms with Crippen molar-refractivity contribution >= 4 is 12.0 Å². The second-order valence-corrected chi connectivity index (χ2v) is 3.67. The Labute approximate surface area is 95.5 Å². The average Bonchev–Trinajstić information content (AvgIpc) is 2.74. The Morgan fingerprint density at radius 2 is 2.38 bits per heavy atom. The van der Waals surface area contributed by atoms with Crippen molar-refractivity contribution in [2.45, 2.75) is 6.42 Å². The van der Waals surface area contributed by atoms with Crippen LogP contribution in [0.4, 0.5) is 0 Å². The average molecular weight is 223 g/mol. The van der Waals surface area contributed by atoms with Gasteiger partial charge in [0, 0.05) is 12.6 Å². The number of hydrogen-bond donors (Lipinski definition) is 0. The topological polar surface area (TPSA) is 42.7 Å². The summed E-state index contributed by atoms with van der Waals surface area (Å²) in [4.78, 5) is 13.3. The van der Waals surface area contributed by atoms with Crippen LogP contribution in [0.15, 0.2) is 28.9 Å². The molecule has 4 heteroatoms. The van der Waals surface area contributed by atoms with Crippen molar-refractivity contribution in [2.24, 2.45) is 0 Å². The minimum Gasteiger partial charge on any atom is -0.465 e. The predicted octanol–water partition coefficient (Wildman–Crippen LogP) is 1.79. The van der Waals surface area contributed by atoms with Gasteiger partial charge in [-0.2, -0.15) is 0 Å². The molecule has 0 fully saturated rings. The van der Waals surface area contributed by atoms with E-state index in [9.17, 15) is 4.79 Å². The van der Waals surface area contributed by atoms with Gasteiger partial charge in [0.25, 0.3) is 0 Å².